The minimum Gasteiger partial charge on any atom is -0.379 e. The van der Waals surface area contributed by atoms with Gasteiger partial charge in [-0.05, 0) is 36.7 Å². The van der Waals surface area contributed by atoms with Crippen molar-refractivity contribution in [1.29, 1.82) is 0 Å². The summed E-state index contributed by atoms with van der Waals surface area (Å²) in [6, 6.07) is 10.4. The van der Waals surface area contributed by atoms with Crippen LogP contribution in [0.5, 0.6) is 0 Å². The van der Waals surface area contributed by atoms with Crippen molar-refractivity contribution in [2.45, 2.75) is 129 Å². The molecule has 1 saturated carbocycles. The van der Waals surface area contributed by atoms with E-state index in [9.17, 15) is 0 Å². The number of benzene rings is 1. The third kappa shape index (κ3) is 13.6. The zero-order chi connectivity index (χ0) is 22.7. The van der Waals surface area contributed by atoms with Gasteiger partial charge in [-0.2, -0.15) is 0 Å². The highest BCUT2D eigenvalue weighted by Crippen LogP contribution is 2.45. The van der Waals surface area contributed by atoms with Crippen LogP contribution in [0.4, 0.5) is 0 Å². The van der Waals surface area contributed by atoms with Crippen LogP contribution in [0.3, 0.4) is 0 Å². The molecule has 1 fully saturated rings. The van der Waals surface area contributed by atoms with Crippen LogP contribution in [0.25, 0.3) is 0 Å². The van der Waals surface area contributed by atoms with E-state index in [2.05, 4.69) is 38.1 Å². The second kappa shape index (κ2) is 18.6. The summed E-state index contributed by atoms with van der Waals surface area (Å²) in [5, 5.41) is 0. The molecule has 0 aromatic heterocycles. The predicted octanol–water partition coefficient (Wildman–Crippen LogP) is 9.12. The topological polar surface area (TPSA) is 18.5 Å². The van der Waals surface area contributed by atoms with E-state index in [4.69, 9.17) is 9.47 Å². The van der Waals surface area contributed by atoms with E-state index in [1.165, 1.54) is 102 Å². The summed E-state index contributed by atoms with van der Waals surface area (Å²) < 4.78 is 11.9. The van der Waals surface area contributed by atoms with Crippen molar-refractivity contribution in [2.75, 3.05) is 13.2 Å². The van der Waals surface area contributed by atoms with Gasteiger partial charge < -0.3 is 9.47 Å². The van der Waals surface area contributed by atoms with Gasteiger partial charge >= 0.3 is 0 Å². The first-order chi connectivity index (χ1) is 15.8. The van der Waals surface area contributed by atoms with E-state index in [0.29, 0.717) is 6.61 Å². The Kier molecular flexibility index (Phi) is 15.9. The largest absolute Gasteiger partial charge is 0.379 e. The molecule has 0 aliphatic heterocycles. The smallest absolute Gasteiger partial charge is 0.0810 e. The SMILES string of the molecule is CCCCCCCCCCC1CC1CCCCCCOCC(CC)OCc1ccccc1. The molecule has 0 amide bonds. The molecule has 3 atom stereocenters. The molecule has 0 radical (unpaired) electrons. The maximum Gasteiger partial charge on any atom is 0.0810 e. The summed E-state index contributed by atoms with van der Waals surface area (Å²) >= 11 is 0. The normalized spacial score (nSPS) is 18.7. The predicted molar refractivity (Wildman–Crippen MR) is 138 cm³/mol. The zero-order valence-corrected chi connectivity index (χ0v) is 21.4. The maximum absolute atomic E-state index is 6.00. The van der Waals surface area contributed by atoms with Gasteiger partial charge in [-0.3, -0.25) is 0 Å². The molecule has 1 aromatic carbocycles. The van der Waals surface area contributed by atoms with Crippen LogP contribution in [0.15, 0.2) is 30.3 Å². The van der Waals surface area contributed by atoms with Gasteiger partial charge in [0.15, 0.2) is 0 Å². The van der Waals surface area contributed by atoms with Crippen molar-refractivity contribution in [3.63, 3.8) is 0 Å². The van der Waals surface area contributed by atoms with Gasteiger partial charge in [0.1, 0.15) is 0 Å². The first kappa shape index (κ1) is 27.4. The van der Waals surface area contributed by atoms with E-state index in [0.717, 1.165) is 31.5 Å². The lowest BCUT2D eigenvalue weighted by molar-refractivity contribution is -0.0269. The number of hydrogen-bond donors (Lipinski definition) is 0. The van der Waals surface area contributed by atoms with Crippen molar-refractivity contribution in [2.24, 2.45) is 11.8 Å². The fraction of sp³-hybridized carbons (Fsp3) is 0.800. The Bertz CT molecular complexity index is 529. The number of unbranched alkanes of at least 4 members (excludes halogenated alkanes) is 10. The lowest BCUT2D eigenvalue weighted by Crippen LogP contribution is -2.19. The third-order valence-electron chi connectivity index (χ3n) is 7.20. The summed E-state index contributed by atoms with van der Waals surface area (Å²) in [6.07, 6.45) is 22.7. The highest BCUT2D eigenvalue weighted by atomic mass is 16.5. The summed E-state index contributed by atoms with van der Waals surface area (Å²) in [5.74, 6) is 2.16. The quantitative estimate of drug-likeness (QED) is 0.166. The number of ether oxygens (including phenoxy) is 2. The molecule has 0 spiro atoms. The van der Waals surface area contributed by atoms with Gasteiger partial charge in [-0.25, -0.2) is 0 Å². The third-order valence-corrected chi connectivity index (χ3v) is 7.20. The average Bonchev–Trinajstić information content (AvgIpc) is 3.58. The molecule has 1 aliphatic carbocycles. The van der Waals surface area contributed by atoms with Crippen molar-refractivity contribution < 1.29 is 9.47 Å². The van der Waals surface area contributed by atoms with Crippen LogP contribution < -0.4 is 0 Å². The first-order valence-corrected chi connectivity index (χ1v) is 14.1. The molecule has 3 unspecified atom stereocenters. The Morgan fingerprint density at radius 3 is 1.97 bits per heavy atom. The fourth-order valence-electron chi connectivity index (χ4n) is 4.81. The molecular formula is C30H52O2. The van der Waals surface area contributed by atoms with Gasteiger partial charge in [0.25, 0.3) is 0 Å². The molecule has 0 heterocycles. The fourth-order valence-corrected chi connectivity index (χ4v) is 4.81. The monoisotopic (exact) mass is 444 g/mol. The highest BCUT2D eigenvalue weighted by molar-refractivity contribution is 5.13. The Morgan fingerprint density at radius 2 is 1.34 bits per heavy atom. The van der Waals surface area contributed by atoms with E-state index < -0.39 is 0 Å². The first-order valence-electron chi connectivity index (χ1n) is 14.1. The van der Waals surface area contributed by atoms with Crippen molar-refractivity contribution in [3.05, 3.63) is 35.9 Å². The molecule has 2 nitrogen and oxygen atoms in total. The lowest BCUT2D eigenvalue weighted by atomic mass is 10.0. The van der Waals surface area contributed by atoms with Crippen molar-refractivity contribution in [1.82, 2.24) is 0 Å². The van der Waals surface area contributed by atoms with E-state index in [1.807, 2.05) is 6.07 Å². The molecular weight excluding hydrogens is 392 g/mol. The Hall–Kier alpha value is -0.860. The molecule has 1 aromatic rings. The number of hydrogen-bond acceptors (Lipinski definition) is 2. The molecule has 0 saturated heterocycles. The second-order valence-electron chi connectivity index (χ2n) is 10.1. The van der Waals surface area contributed by atoms with E-state index in [1.54, 1.807) is 0 Å². The van der Waals surface area contributed by atoms with E-state index in [-0.39, 0.29) is 6.10 Å². The Balaban J connectivity index is 1.32. The summed E-state index contributed by atoms with van der Waals surface area (Å²) in [6.45, 7) is 6.78. The summed E-state index contributed by atoms with van der Waals surface area (Å²) in [7, 11) is 0. The van der Waals surface area contributed by atoms with Gasteiger partial charge in [-0.15, -0.1) is 0 Å². The molecule has 2 heteroatoms. The Morgan fingerprint density at radius 1 is 0.750 bits per heavy atom. The minimum absolute atomic E-state index is 0.211. The van der Waals surface area contributed by atoms with Gasteiger partial charge in [0.05, 0.1) is 19.3 Å². The minimum atomic E-state index is 0.211. The molecule has 0 bridgehead atoms. The molecule has 32 heavy (non-hydrogen) atoms. The van der Waals surface area contributed by atoms with Crippen LogP contribution in [-0.4, -0.2) is 19.3 Å². The average molecular weight is 445 g/mol. The standard InChI is InChI=1S/C30H52O2/c1-3-5-6-7-8-9-10-16-21-28-24-29(28)22-17-11-12-18-23-31-26-30(4-2)32-25-27-19-14-13-15-20-27/h13-15,19-20,28-30H,3-12,16-18,21-26H2,1-2H3. The molecule has 184 valence electrons. The molecule has 0 N–H and O–H groups in total. The van der Waals surface area contributed by atoms with Crippen LogP contribution in [0.2, 0.25) is 0 Å². The van der Waals surface area contributed by atoms with Crippen LogP contribution in [-0.2, 0) is 16.1 Å². The van der Waals surface area contributed by atoms with Crippen LogP contribution in [0.1, 0.15) is 122 Å². The van der Waals surface area contributed by atoms with Gasteiger partial charge in [0.2, 0.25) is 0 Å². The molecule has 1 aliphatic rings. The molecule has 2 rings (SSSR count). The van der Waals surface area contributed by atoms with Gasteiger partial charge in [0, 0.05) is 6.61 Å². The Labute approximate surface area is 199 Å². The van der Waals surface area contributed by atoms with Crippen molar-refractivity contribution >= 4 is 0 Å². The lowest BCUT2D eigenvalue weighted by Gasteiger charge is -2.16. The summed E-state index contributed by atoms with van der Waals surface area (Å²) in [5.41, 5.74) is 1.24. The van der Waals surface area contributed by atoms with Gasteiger partial charge in [-0.1, -0.05) is 128 Å². The highest BCUT2D eigenvalue weighted by Gasteiger charge is 2.34. The van der Waals surface area contributed by atoms with Crippen molar-refractivity contribution in [3.8, 4) is 0 Å². The number of rotatable bonds is 22. The maximum atomic E-state index is 6.00. The van der Waals surface area contributed by atoms with E-state index >= 15 is 0 Å². The summed E-state index contributed by atoms with van der Waals surface area (Å²) in [4.78, 5) is 0. The zero-order valence-electron chi connectivity index (χ0n) is 21.4. The second-order valence-corrected chi connectivity index (χ2v) is 10.1. The van der Waals surface area contributed by atoms with Crippen LogP contribution in [0, 0.1) is 11.8 Å². The van der Waals surface area contributed by atoms with Crippen LogP contribution >= 0.6 is 0 Å².